The normalized spacial score (nSPS) is 11.7. The van der Waals surface area contributed by atoms with Gasteiger partial charge in [0, 0.05) is 19.0 Å². The van der Waals surface area contributed by atoms with Gasteiger partial charge in [-0.3, -0.25) is 9.59 Å². The summed E-state index contributed by atoms with van der Waals surface area (Å²) in [5.74, 6) is -0.253. The van der Waals surface area contributed by atoms with Gasteiger partial charge in [0.2, 0.25) is 5.91 Å². The number of hydrogen-bond acceptors (Lipinski definition) is 6. The Bertz CT molecular complexity index is 470. The monoisotopic (exact) mass is 281 g/mol. The van der Waals surface area contributed by atoms with E-state index in [1.165, 1.54) is 6.08 Å². The van der Waals surface area contributed by atoms with E-state index >= 15 is 0 Å². The van der Waals surface area contributed by atoms with Crippen molar-refractivity contribution in [1.29, 1.82) is 0 Å². The second kappa shape index (κ2) is 8.11. The average molecular weight is 281 g/mol. The third kappa shape index (κ3) is 5.66. The molecule has 0 aliphatic carbocycles. The van der Waals surface area contributed by atoms with Crippen LogP contribution in [0.1, 0.15) is 17.9 Å². The van der Waals surface area contributed by atoms with Crippen molar-refractivity contribution in [3.63, 3.8) is 0 Å². The van der Waals surface area contributed by atoms with Crippen molar-refractivity contribution in [3.05, 3.63) is 30.2 Å². The van der Waals surface area contributed by atoms with Crippen LogP contribution in [0.25, 0.3) is 0 Å². The van der Waals surface area contributed by atoms with Gasteiger partial charge in [0.1, 0.15) is 12.4 Å². The molecule has 0 aromatic carbocycles. The number of nitrogens with one attached hydrogen (secondary N) is 1. The molecular formula is C13H19N3O4. The van der Waals surface area contributed by atoms with Gasteiger partial charge in [-0.05, 0) is 6.92 Å². The lowest BCUT2D eigenvalue weighted by atomic mass is 10.2. The van der Waals surface area contributed by atoms with Crippen molar-refractivity contribution < 1.29 is 18.8 Å². The van der Waals surface area contributed by atoms with Crippen LogP contribution in [0, 0.1) is 6.92 Å². The number of amides is 1. The number of rotatable bonds is 8. The van der Waals surface area contributed by atoms with Gasteiger partial charge in [-0.15, -0.1) is 0 Å². The molecule has 0 aliphatic rings. The summed E-state index contributed by atoms with van der Waals surface area (Å²) in [5.41, 5.74) is 6.38. The fraction of sp³-hybridized carbons (Fsp3) is 0.462. The standard InChI is InChI=1S/C13H19N3O4/c1-3-6-19-12(17)8-11(14)13(18)15-5-4-10-7-9(2)16-20-10/h3,7,11H,1,4-6,8,14H2,2H3,(H,15,18)/t11-/m0/s1. The summed E-state index contributed by atoms with van der Waals surface area (Å²) < 4.78 is 9.75. The lowest BCUT2D eigenvalue weighted by molar-refractivity contribution is -0.144. The molecule has 0 bridgehead atoms. The first-order valence-corrected chi connectivity index (χ1v) is 6.25. The number of nitrogens with two attached hydrogens (primary N) is 1. The highest BCUT2D eigenvalue weighted by Crippen LogP contribution is 2.02. The van der Waals surface area contributed by atoms with Crippen molar-refractivity contribution in [2.75, 3.05) is 13.2 Å². The molecule has 0 saturated heterocycles. The summed E-state index contributed by atoms with van der Waals surface area (Å²) in [6.45, 7) is 5.71. The van der Waals surface area contributed by atoms with Crippen molar-refractivity contribution in [2.45, 2.75) is 25.8 Å². The molecule has 0 fully saturated rings. The molecule has 0 unspecified atom stereocenters. The zero-order valence-corrected chi connectivity index (χ0v) is 11.4. The molecule has 20 heavy (non-hydrogen) atoms. The molecule has 0 radical (unpaired) electrons. The van der Waals surface area contributed by atoms with E-state index in [1.807, 2.05) is 6.92 Å². The topological polar surface area (TPSA) is 107 Å². The smallest absolute Gasteiger partial charge is 0.308 e. The van der Waals surface area contributed by atoms with Gasteiger partial charge in [-0.25, -0.2) is 0 Å². The number of hydrogen-bond donors (Lipinski definition) is 2. The molecule has 1 aromatic heterocycles. The van der Waals surface area contributed by atoms with E-state index in [0.717, 1.165) is 5.69 Å². The Morgan fingerprint density at radius 2 is 2.40 bits per heavy atom. The summed E-state index contributed by atoms with van der Waals surface area (Å²) in [5, 5.41) is 6.36. The Kier molecular flexibility index (Phi) is 6.45. The first-order valence-electron chi connectivity index (χ1n) is 6.25. The van der Waals surface area contributed by atoms with Gasteiger partial charge in [-0.1, -0.05) is 17.8 Å². The molecule has 3 N–H and O–H groups in total. The maximum absolute atomic E-state index is 11.6. The number of ether oxygens (including phenoxy) is 1. The largest absolute Gasteiger partial charge is 0.461 e. The molecular weight excluding hydrogens is 262 g/mol. The zero-order chi connectivity index (χ0) is 15.0. The van der Waals surface area contributed by atoms with Crippen LogP contribution < -0.4 is 11.1 Å². The molecule has 1 heterocycles. The predicted molar refractivity (Wildman–Crippen MR) is 71.7 cm³/mol. The molecule has 0 aliphatic heterocycles. The summed E-state index contributed by atoms with van der Waals surface area (Å²) >= 11 is 0. The second-order valence-electron chi connectivity index (χ2n) is 4.26. The summed E-state index contributed by atoms with van der Waals surface area (Å²) in [6, 6.07) is 0.863. The van der Waals surface area contributed by atoms with E-state index in [1.54, 1.807) is 6.07 Å². The molecule has 1 amide bonds. The van der Waals surface area contributed by atoms with Gasteiger partial charge in [0.05, 0.1) is 18.2 Å². The van der Waals surface area contributed by atoms with Crippen LogP contribution in [0.2, 0.25) is 0 Å². The third-order valence-electron chi connectivity index (χ3n) is 2.43. The van der Waals surface area contributed by atoms with Crippen molar-refractivity contribution in [3.8, 4) is 0 Å². The Morgan fingerprint density at radius 1 is 1.65 bits per heavy atom. The fourth-order valence-corrected chi connectivity index (χ4v) is 1.46. The molecule has 110 valence electrons. The van der Waals surface area contributed by atoms with Crippen LogP contribution in [0.4, 0.5) is 0 Å². The quantitative estimate of drug-likeness (QED) is 0.516. The van der Waals surface area contributed by atoms with Crippen molar-refractivity contribution in [1.82, 2.24) is 10.5 Å². The van der Waals surface area contributed by atoms with E-state index in [9.17, 15) is 9.59 Å². The number of carbonyl (C=O) groups excluding carboxylic acids is 2. The molecule has 0 spiro atoms. The highest BCUT2D eigenvalue weighted by atomic mass is 16.5. The van der Waals surface area contributed by atoms with E-state index in [4.69, 9.17) is 15.0 Å². The molecule has 1 aromatic rings. The lowest BCUT2D eigenvalue weighted by Gasteiger charge is -2.11. The van der Waals surface area contributed by atoms with Gasteiger partial charge in [0.25, 0.3) is 0 Å². The Morgan fingerprint density at radius 3 is 3.00 bits per heavy atom. The molecule has 1 rings (SSSR count). The minimum absolute atomic E-state index is 0.109. The summed E-state index contributed by atoms with van der Waals surface area (Å²) in [7, 11) is 0. The van der Waals surface area contributed by atoms with Crippen LogP contribution in [-0.4, -0.2) is 36.2 Å². The van der Waals surface area contributed by atoms with Crippen molar-refractivity contribution >= 4 is 11.9 Å². The highest BCUT2D eigenvalue weighted by Gasteiger charge is 2.18. The predicted octanol–water partition coefficient (Wildman–Crippen LogP) is 0.0883. The van der Waals surface area contributed by atoms with Crippen LogP contribution in [0.5, 0.6) is 0 Å². The Hall–Kier alpha value is -2.15. The minimum atomic E-state index is -0.927. The number of aryl methyl sites for hydroxylation is 1. The molecule has 0 saturated carbocycles. The number of esters is 1. The van der Waals surface area contributed by atoms with Crippen LogP contribution in [-0.2, 0) is 20.7 Å². The average Bonchev–Trinajstić information content (AvgIpc) is 2.81. The summed E-state index contributed by atoms with van der Waals surface area (Å²) in [4.78, 5) is 22.9. The van der Waals surface area contributed by atoms with Crippen molar-refractivity contribution in [2.24, 2.45) is 5.73 Å². The van der Waals surface area contributed by atoms with E-state index in [2.05, 4.69) is 17.1 Å². The maximum atomic E-state index is 11.6. The van der Waals surface area contributed by atoms with Crippen LogP contribution >= 0.6 is 0 Å². The zero-order valence-electron chi connectivity index (χ0n) is 11.4. The highest BCUT2D eigenvalue weighted by molar-refractivity contribution is 5.86. The van der Waals surface area contributed by atoms with Gasteiger partial charge in [0.15, 0.2) is 0 Å². The van der Waals surface area contributed by atoms with E-state index in [-0.39, 0.29) is 13.0 Å². The molecule has 1 atom stereocenters. The van der Waals surface area contributed by atoms with E-state index < -0.39 is 17.9 Å². The van der Waals surface area contributed by atoms with Gasteiger partial charge in [-0.2, -0.15) is 0 Å². The fourth-order valence-electron chi connectivity index (χ4n) is 1.46. The number of nitrogens with zero attached hydrogens (tertiary/aromatic N) is 1. The maximum Gasteiger partial charge on any atom is 0.308 e. The molecule has 7 heteroatoms. The second-order valence-corrected chi connectivity index (χ2v) is 4.26. The Labute approximate surface area is 117 Å². The van der Waals surface area contributed by atoms with Crippen LogP contribution in [0.15, 0.2) is 23.2 Å². The van der Waals surface area contributed by atoms with Gasteiger partial charge < -0.3 is 20.3 Å². The first-order chi connectivity index (χ1) is 9.52. The minimum Gasteiger partial charge on any atom is -0.461 e. The molecule has 7 nitrogen and oxygen atoms in total. The summed E-state index contributed by atoms with van der Waals surface area (Å²) in [6.07, 6.45) is 1.80. The number of aromatic nitrogens is 1. The number of carbonyl (C=O) groups is 2. The third-order valence-corrected chi connectivity index (χ3v) is 2.43. The SMILES string of the molecule is C=CCOC(=O)C[C@H](N)C(=O)NCCc1cc(C)no1. The van der Waals surface area contributed by atoms with E-state index in [0.29, 0.717) is 18.7 Å². The van der Waals surface area contributed by atoms with Crippen LogP contribution in [0.3, 0.4) is 0 Å². The first kappa shape index (κ1) is 15.9. The Balaban J connectivity index is 2.24. The lowest BCUT2D eigenvalue weighted by Crippen LogP contribution is -2.42. The van der Waals surface area contributed by atoms with Gasteiger partial charge >= 0.3 is 5.97 Å².